The molecule has 0 aliphatic carbocycles. The van der Waals surface area contributed by atoms with E-state index >= 15 is 0 Å². The van der Waals surface area contributed by atoms with E-state index in [1.54, 1.807) is 24.3 Å². The van der Waals surface area contributed by atoms with Crippen molar-refractivity contribution in [2.75, 3.05) is 5.32 Å². The van der Waals surface area contributed by atoms with Gasteiger partial charge in [-0.2, -0.15) is 23.7 Å². The molecule has 0 saturated heterocycles. The van der Waals surface area contributed by atoms with E-state index in [2.05, 4.69) is 11.4 Å². The van der Waals surface area contributed by atoms with Crippen molar-refractivity contribution in [3.63, 3.8) is 0 Å². The number of nitrogens with one attached hydrogen (secondary N) is 1. The number of nitriles is 2. The molecule has 1 N–H and O–H groups in total. The van der Waals surface area contributed by atoms with Gasteiger partial charge < -0.3 is 10.1 Å². The van der Waals surface area contributed by atoms with Crippen molar-refractivity contribution >= 4 is 28.3 Å². The van der Waals surface area contributed by atoms with Gasteiger partial charge in [-0.1, -0.05) is 37.3 Å². The Kier molecular flexibility index (Phi) is 7.95. The van der Waals surface area contributed by atoms with E-state index in [0.717, 1.165) is 22.6 Å². The highest BCUT2D eigenvalue weighted by Crippen LogP contribution is 2.33. The van der Waals surface area contributed by atoms with Gasteiger partial charge in [-0.25, -0.2) is 0 Å². The average Bonchev–Trinajstić information content (AvgIpc) is 3.14. The molecule has 0 unspecified atom stereocenters. The number of halogens is 3. The van der Waals surface area contributed by atoms with Gasteiger partial charge in [-0.3, -0.25) is 4.79 Å². The topological polar surface area (TPSA) is 85.9 Å². The Morgan fingerprint density at radius 3 is 2.57 bits per heavy atom. The maximum atomic E-state index is 13.0. The molecule has 0 aliphatic heterocycles. The van der Waals surface area contributed by atoms with Crippen LogP contribution in [0.25, 0.3) is 6.08 Å². The summed E-state index contributed by atoms with van der Waals surface area (Å²) in [6.45, 7) is 3.64. The number of para-hydroxylation sites is 1. The molecule has 0 atom stereocenters. The summed E-state index contributed by atoms with van der Waals surface area (Å²) in [5.41, 5.74) is 0.966. The molecule has 3 rings (SSSR count). The third-order valence-corrected chi connectivity index (χ3v) is 6.20. The number of amides is 1. The monoisotopic (exact) mass is 495 g/mol. The van der Waals surface area contributed by atoms with Gasteiger partial charge in [0, 0.05) is 10.4 Å². The largest absolute Gasteiger partial charge is 0.488 e. The lowest BCUT2D eigenvalue weighted by Gasteiger charge is -2.12. The van der Waals surface area contributed by atoms with E-state index in [9.17, 15) is 28.5 Å². The fraction of sp³-hybridized carbons (Fsp3) is 0.192. The number of carbonyl (C=O) groups is 1. The Hall–Kier alpha value is -4.08. The van der Waals surface area contributed by atoms with Crippen LogP contribution in [0.3, 0.4) is 0 Å². The third kappa shape index (κ3) is 6.08. The van der Waals surface area contributed by atoms with Crippen LogP contribution in [0.15, 0.2) is 54.1 Å². The van der Waals surface area contributed by atoms with Crippen LogP contribution in [0.4, 0.5) is 18.2 Å². The van der Waals surface area contributed by atoms with Gasteiger partial charge in [0.05, 0.1) is 11.1 Å². The lowest BCUT2D eigenvalue weighted by Crippen LogP contribution is -2.13. The minimum absolute atomic E-state index is 0.136. The first-order chi connectivity index (χ1) is 16.7. The molecule has 1 heterocycles. The summed E-state index contributed by atoms with van der Waals surface area (Å²) in [5, 5.41) is 22.1. The van der Waals surface area contributed by atoms with Crippen molar-refractivity contribution < 1.29 is 22.7 Å². The fourth-order valence-electron chi connectivity index (χ4n) is 3.42. The molecule has 0 radical (unpaired) electrons. The Balaban J connectivity index is 1.82. The van der Waals surface area contributed by atoms with Crippen molar-refractivity contribution in [3.05, 3.63) is 86.8 Å². The number of rotatable bonds is 7. The molecule has 9 heteroatoms. The maximum absolute atomic E-state index is 13.0. The Labute approximate surface area is 204 Å². The summed E-state index contributed by atoms with van der Waals surface area (Å²) in [4.78, 5) is 13.7. The minimum Gasteiger partial charge on any atom is -0.488 e. The predicted molar refractivity (Wildman–Crippen MR) is 128 cm³/mol. The molecule has 3 aromatic rings. The second-order valence-corrected chi connectivity index (χ2v) is 8.68. The highest BCUT2D eigenvalue weighted by atomic mass is 32.1. The smallest absolute Gasteiger partial charge is 0.416 e. The normalized spacial score (nSPS) is 11.5. The van der Waals surface area contributed by atoms with Gasteiger partial charge in [0.25, 0.3) is 5.91 Å². The van der Waals surface area contributed by atoms with E-state index in [1.165, 1.54) is 29.5 Å². The molecule has 2 aromatic carbocycles. The number of hydrogen-bond acceptors (Lipinski definition) is 5. The molecule has 0 saturated carbocycles. The molecule has 0 fully saturated rings. The van der Waals surface area contributed by atoms with Crippen LogP contribution < -0.4 is 10.1 Å². The van der Waals surface area contributed by atoms with E-state index in [4.69, 9.17) is 4.74 Å². The zero-order valence-corrected chi connectivity index (χ0v) is 19.7. The first-order valence-electron chi connectivity index (χ1n) is 10.5. The molecule has 0 spiro atoms. The van der Waals surface area contributed by atoms with Crippen molar-refractivity contribution in [1.82, 2.24) is 0 Å². The number of aryl methyl sites for hydroxylation is 1. The molecule has 5 nitrogen and oxygen atoms in total. The third-order valence-electron chi connectivity index (χ3n) is 5.13. The number of alkyl halides is 3. The van der Waals surface area contributed by atoms with Crippen LogP contribution in [-0.4, -0.2) is 5.91 Å². The number of nitrogens with zero attached hydrogens (tertiary/aromatic N) is 2. The van der Waals surface area contributed by atoms with E-state index in [0.29, 0.717) is 33.9 Å². The quantitative estimate of drug-likeness (QED) is 0.294. The first kappa shape index (κ1) is 25.5. The predicted octanol–water partition coefficient (Wildman–Crippen LogP) is 6.63. The highest BCUT2D eigenvalue weighted by molar-refractivity contribution is 7.16. The number of carbonyl (C=O) groups excluding carboxylic acids is 1. The van der Waals surface area contributed by atoms with E-state index in [1.807, 2.05) is 19.9 Å². The molecule has 0 bridgehead atoms. The summed E-state index contributed by atoms with van der Waals surface area (Å²) >= 11 is 1.27. The summed E-state index contributed by atoms with van der Waals surface area (Å²) in [5.74, 6) is -0.385. The Morgan fingerprint density at radius 1 is 1.17 bits per heavy atom. The summed E-state index contributed by atoms with van der Waals surface area (Å²) < 4.78 is 44.6. The van der Waals surface area contributed by atoms with Crippen molar-refractivity contribution in [3.8, 4) is 17.9 Å². The van der Waals surface area contributed by atoms with Crippen LogP contribution in [0.5, 0.6) is 5.75 Å². The lowest BCUT2D eigenvalue weighted by atomic mass is 10.1. The summed E-state index contributed by atoms with van der Waals surface area (Å²) in [6.07, 6.45) is -2.49. The Bertz CT molecular complexity index is 1360. The summed E-state index contributed by atoms with van der Waals surface area (Å²) in [6, 6.07) is 15.3. The molecule has 35 heavy (non-hydrogen) atoms. The van der Waals surface area contributed by atoms with E-state index < -0.39 is 17.6 Å². The second-order valence-electron chi connectivity index (χ2n) is 7.45. The number of hydrogen-bond donors (Lipinski definition) is 1. The van der Waals surface area contributed by atoms with Crippen LogP contribution in [0.2, 0.25) is 0 Å². The van der Waals surface area contributed by atoms with Gasteiger partial charge in [-0.05, 0) is 48.7 Å². The molecular formula is C26H20F3N3O2S. The van der Waals surface area contributed by atoms with Crippen molar-refractivity contribution in [2.24, 2.45) is 0 Å². The SMILES string of the molecule is CCc1c(C)sc(NC(=O)C(C#N)=Cc2ccccc2OCc2cccc(C(F)(F)F)c2)c1C#N. The van der Waals surface area contributed by atoms with Gasteiger partial charge in [0.1, 0.15) is 35.1 Å². The Morgan fingerprint density at radius 2 is 1.91 bits per heavy atom. The van der Waals surface area contributed by atoms with Gasteiger partial charge in [-0.15, -0.1) is 11.3 Å². The second kappa shape index (κ2) is 10.9. The number of benzene rings is 2. The van der Waals surface area contributed by atoms with Crippen LogP contribution in [0.1, 0.15) is 39.6 Å². The van der Waals surface area contributed by atoms with Gasteiger partial charge in [0.2, 0.25) is 0 Å². The zero-order valence-electron chi connectivity index (χ0n) is 18.9. The number of thiophene rings is 1. The molecular weight excluding hydrogens is 475 g/mol. The number of ether oxygens (including phenoxy) is 1. The van der Waals surface area contributed by atoms with Gasteiger partial charge in [0.15, 0.2) is 0 Å². The number of anilines is 1. The van der Waals surface area contributed by atoms with Crippen molar-refractivity contribution in [2.45, 2.75) is 33.1 Å². The fourth-order valence-corrected chi connectivity index (χ4v) is 4.51. The van der Waals surface area contributed by atoms with E-state index in [-0.39, 0.29) is 12.2 Å². The lowest BCUT2D eigenvalue weighted by molar-refractivity contribution is -0.137. The average molecular weight is 496 g/mol. The zero-order chi connectivity index (χ0) is 25.6. The highest BCUT2D eigenvalue weighted by Gasteiger charge is 2.30. The maximum Gasteiger partial charge on any atom is 0.416 e. The molecule has 1 aromatic heterocycles. The molecule has 178 valence electrons. The summed E-state index contributed by atoms with van der Waals surface area (Å²) in [7, 11) is 0. The van der Waals surface area contributed by atoms with Crippen LogP contribution >= 0.6 is 11.3 Å². The van der Waals surface area contributed by atoms with Gasteiger partial charge >= 0.3 is 6.18 Å². The van der Waals surface area contributed by atoms with Crippen LogP contribution in [-0.2, 0) is 24.0 Å². The first-order valence-corrected chi connectivity index (χ1v) is 11.3. The standard InChI is InChI=1S/C26H20F3N3O2S/c1-3-21-16(2)35-25(22(21)14-31)32-24(33)19(13-30)12-18-8-4-5-10-23(18)34-15-17-7-6-9-20(11-17)26(27,28)29/h4-12H,3,15H2,1-2H3,(H,32,33). The molecule has 1 amide bonds. The molecule has 0 aliphatic rings. The van der Waals surface area contributed by atoms with Crippen LogP contribution in [0, 0.1) is 29.6 Å². The minimum atomic E-state index is -4.46. The van der Waals surface area contributed by atoms with Crippen molar-refractivity contribution in [1.29, 1.82) is 10.5 Å².